The third kappa shape index (κ3) is 2.03. The highest BCUT2D eigenvalue weighted by Gasteiger charge is 2.25. The van der Waals surface area contributed by atoms with Gasteiger partial charge in [-0.25, -0.2) is 4.79 Å². The van der Waals surface area contributed by atoms with Crippen molar-refractivity contribution >= 4 is 5.97 Å². The minimum atomic E-state index is -0.955. The highest BCUT2D eigenvalue weighted by Crippen LogP contribution is 2.30. The molecule has 14 heavy (non-hydrogen) atoms. The molecule has 1 aromatic carbocycles. The van der Waals surface area contributed by atoms with Crippen molar-refractivity contribution in [3.8, 4) is 5.75 Å². The Balaban J connectivity index is 2.10. The Morgan fingerprint density at radius 1 is 1.57 bits per heavy atom. The molecule has 0 amide bonds. The number of nitrogens with one attached hydrogen (secondary N) is 1. The van der Waals surface area contributed by atoms with E-state index in [0.717, 1.165) is 12.1 Å². The van der Waals surface area contributed by atoms with Gasteiger partial charge < -0.3 is 15.2 Å². The van der Waals surface area contributed by atoms with Gasteiger partial charge in [-0.1, -0.05) is 18.2 Å². The second-order valence-corrected chi connectivity index (χ2v) is 3.18. The van der Waals surface area contributed by atoms with Gasteiger partial charge in [0.05, 0.1) is 0 Å². The lowest BCUT2D eigenvalue weighted by Crippen LogP contribution is -2.10. The maximum atomic E-state index is 10.3. The number of rotatable bonds is 4. The first kappa shape index (κ1) is 9.02. The lowest BCUT2D eigenvalue weighted by atomic mass is 10.1. The minimum absolute atomic E-state index is 0.288. The average molecular weight is 193 g/mol. The van der Waals surface area contributed by atoms with Gasteiger partial charge in [-0.15, -0.1) is 0 Å². The third-order valence-corrected chi connectivity index (χ3v) is 2.05. The number of hydrogen-bond acceptors (Lipinski definition) is 3. The summed E-state index contributed by atoms with van der Waals surface area (Å²) in [6.07, 6.45) is 0. The molecule has 0 saturated carbocycles. The molecule has 2 N–H and O–H groups in total. The monoisotopic (exact) mass is 193 g/mol. The SMILES string of the molecule is O=C(O)COc1ccccc1[C@H]1CN1. The molecule has 4 heteroatoms. The Labute approximate surface area is 81.5 Å². The van der Waals surface area contributed by atoms with Crippen LogP contribution in [0.2, 0.25) is 0 Å². The molecule has 0 spiro atoms. The molecule has 1 aliphatic rings. The molecule has 4 nitrogen and oxygen atoms in total. The third-order valence-electron chi connectivity index (χ3n) is 2.05. The van der Waals surface area contributed by atoms with Crippen LogP contribution >= 0.6 is 0 Å². The van der Waals surface area contributed by atoms with E-state index >= 15 is 0 Å². The van der Waals surface area contributed by atoms with E-state index in [0.29, 0.717) is 11.8 Å². The number of carboxylic acids is 1. The van der Waals surface area contributed by atoms with Gasteiger partial charge in [0.1, 0.15) is 5.75 Å². The number of aliphatic carboxylic acids is 1. The highest BCUT2D eigenvalue weighted by atomic mass is 16.5. The molecule has 0 bridgehead atoms. The van der Waals surface area contributed by atoms with Crippen molar-refractivity contribution in [1.82, 2.24) is 5.32 Å². The molecular formula is C10H11NO3. The maximum Gasteiger partial charge on any atom is 0.341 e. The van der Waals surface area contributed by atoms with Gasteiger partial charge in [0, 0.05) is 18.2 Å². The zero-order valence-electron chi connectivity index (χ0n) is 7.56. The first-order valence-corrected chi connectivity index (χ1v) is 4.44. The molecular weight excluding hydrogens is 182 g/mol. The van der Waals surface area contributed by atoms with Gasteiger partial charge in [0.15, 0.2) is 6.61 Å². The van der Waals surface area contributed by atoms with E-state index in [1.54, 1.807) is 6.07 Å². The second-order valence-electron chi connectivity index (χ2n) is 3.18. The number of para-hydroxylation sites is 1. The largest absolute Gasteiger partial charge is 0.482 e. The molecule has 1 aliphatic heterocycles. The molecule has 2 rings (SSSR count). The Kier molecular flexibility index (Phi) is 2.37. The van der Waals surface area contributed by atoms with Crippen molar-refractivity contribution in [3.05, 3.63) is 29.8 Å². The first-order chi connectivity index (χ1) is 6.77. The molecule has 0 aromatic heterocycles. The lowest BCUT2D eigenvalue weighted by Gasteiger charge is -2.07. The molecule has 1 fully saturated rings. The van der Waals surface area contributed by atoms with Gasteiger partial charge in [0.25, 0.3) is 0 Å². The molecule has 1 heterocycles. The molecule has 0 aliphatic carbocycles. The average Bonchev–Trinajstić information content (AvgIpc) is 2.98. The van der Waals surface area contributed by atoms with Crippen LogP contribution in [0.4, 0.5) is 0 Å². The predicted octanol–water partition coefficient (Wildman–Crippen LogP) is 0.794. The Bertz CT molecular complexity index is 347. The van der Waals surface area contributed by atoms with Crippen LogP contribution in [-0.4, -0.2) is 24.2 Å². The number of ether oxygens (including phenoxy) is 1. The fourth-order valence-corrected chi connectivity index (χ4v) is 1.32. The van der Waals surface area contributed by atoms with E-state index in [9.17, 15) is 4.79 Å². The fraction of sp³-hybridized carbons (Fsp3) is 0.300. The zero-order valence-corrected chi connectivity index (χ0v) is 7.56. The van der Waals surface area contributed by atoms with Crippen molar-refractivity contribution in [2.45, 2.75) is 6.04 Å². The lowest BCUT2D eigenvalue weighted by molar-refractivity contribution is -0.139. The Morgan fingerprint density at radius 2 is 2.29 bits per heavy atom. The van der Waals surface area contributed by atoms with Gasteiger partial charge in [0.2, 0.25) is 0 Å². The van der Waals surface area contributed by atoms with Crippen LogP contribution in [0, 0.1) is 0 Å². The molecule has 1 saturated heterocycles. The summed E-state index contributed by atoms with van der Waals surface area (Å²) < 4.78 is 5.16. The molecule has 74 valence electrons. The molecule has 0 radical (unpaired) electrons. The summed E-state index contributed by atoms with van der Waals surface area (Å²) in [4.78, 5) is 10.3. The first-order valence-electron chi connectivity index (χ1n) is 4.44. The summed E-state index contributed by atoms with van der Waals surface area (Å²) in [6, 6.07) is 7.83. The topological polar surface area (TPSA) is 68.5 Å². The molecule has 0 unspecified atom stereocenters. The second kappa shape index (κ2) is 3.67. The summed E-state index contributed by atoms with van der Waals surface area (Å²) >= 11 is 0. The number of carbonyl (C=O) groups is 1. The van der Waals surface area contributed by atoms with Crippen LogP contribution in [-0.2, 0) is 4.79 Å². The smallest absolute Gasteiger partial charge is 0.341 e. The summed E-state index contributed by atoms with van der Waals surface area (Å²) in [6.45, 7) is 0.650. The number of benzene rings is 1. The summed E-state index contributed by atoms with van der Waals surface area (Å²) in [5, 5.41) is 11.6. The number of carboxylic acid groups (broad SMARTS) is 1. The van der Waals surface area contributed by atoms with Crippen LogP contribution in [0.25, 0.3) is 0 Å². The molecule has 1 atom stereocenters. The van der Waals surface area contributed by atoms with E-state index in [4.69, 9.17) is 9.84 Å². The Morgan fingerprint density at radius 3 is 2.93 bits per heavy atom. The highest BCUT2D eigenvalue weighted by molar-refractivity contribution is 5.68. The number of hydrogen-bond donors (Lipinski definition) is 2. The van der Waals surface area contributed by atoms with E-state index in [1.807, 2.05) is 18.2 Å². The van der Waals surface area contributed by atoms with Gasteiger partial charge >= 0.3 is 5.97 Å². The summed E-state index contributed by atoms with van der Waals surface area (Å²) in [5.41, 5.74) is 1.04. The van der Waals surface area contributed by atoms with Crippen LogP contribution < -0.4 is 10.1 Å². The van der Waals surface area contributed by atoms with Crippen LogP contribution in [0.5, 0.6) is 5.75 Å². The molecule has 1 aromatic rings. The summed E-state index contributed by atoms with van der Waals surface area (Å²) in [7, 11) is 0. The van der Waals surface area contributed by atoms with E-state index < -0.39 is 5.97 Å². The van der Waals surface area contributed by atoms with Gasteiger partial charge in [-0.2, -0.15) is 0 Å². The fourth-order valence-electron chi connectivity index (χ4n) is 1.32. The zero-order chi connectivity index (χ0) is 9.97. The van der Waals surface area contributed by atoms with E-state index in [2.05, 4.69) is 5.32 Å². The Hall–Kier alpha value is -1.55. The standard InChI is InChI=1S/C10H11NO3/c12-10(13)6-14-9-4-2-1-3-7(9)8-5-11-8/h1-4,8,11H,5-6H2,(H,12,13)/t8-/m1/s1. The predicted molar refractivity (Wildman–Crippen MR) is 50.3 cm³/mol. The van der Waals surface area contributed by atoms with Crippen molar-refractivity contribution in [2.24, 2.45) is 0 Å². The van der Waals surface area contributed by atoms with Crippen LogP contribution in [0.15, 0.2) is 24.3 Å². The van der Waals surface area contributed by atoms with Gasteiger partial charge in [-0.05, 0) is 6.07 Å². The van der Waals surface area contributed by atoms with Crippen molar-refractivity contribution in [2.75, 3.05) is 13.2 Å². The van der Waals surface area contributed by atoms with Crippen molar-refractivity contribution < 1.29 is 14.6 Å². The van der Waals surface area contributed by atoms with Crippen molar-refractivity contribution in [3.63, 3.8) is 0 Å². The summed E-state index contributed by atoms with van der Waals surface area (Å²) in [5.74, 6) is -0.298. The van der Waals surface area contributed by atoms with E-state index in [-0.39, 0.29) is 6.61 Å². The minimum Gasteiger partial charge on any atom is -0.482 e. The quantitative estimate of drug-likeness (QED) is 0.694. The normalized spacial score (nSPS) is 19.0. The van der Waals surface area contributed by atoms with Crippen LogP contribution in [0.3, 0.4) is 0 Å². The maximum absolute atomic E-state index is 10.3. The van der Waals surface area contributed by atoms with E-state index in [1.165, 1.54) is 0 Å². The van der Waals surface area contributed by atoms with Crippen LogP contribution in [0.1, 0.15) is 11.6 Å². The van der Waals surface area contributed by atoms with Crippen molar-refractivity contribution in [1.29, 1.82) is 0 Å². The van der Waals surface area contributed by atoms with Gasteiger partial charge in [-0.3, -0.25) is 0 Å².